The van der Waals surface area contributed by atoms with Gasteiger partial charge in [-0.15, -0.1) is 0 Å². The van der Waals surface area contributed by atoms with Crippen LogP contribution in [-0.4, -0.2) is 0 Å². The number of hydrogen-bond acceptors (Lipinski definition) is 0. The maximum Gasteiger partial charge on any atom is -0.0132 e. The first kappa shape index (κ1) is 20.0. The topological polar surface area (TPSA) is 0 Å². The molecule has 1 aliphatic rings. The average molecular weight is 339 g/mol. The third-order valence-electron chi connectivity index (χ3n) is 5.44. The molecule has 0 radical (unpaired) electrons. The van der Waals surface area contributed by atoms with Crippen molar-refractivity contribution in [2.24, 2.45) is 11.3 Å². The van der Waals surface area contributed by atoms with Crippen LogP contribution in [-0.2, 0) is 10.8 Å². The zero-order valence-corrected chi connectivity index (χ0v) is 18.2. The van der Waals surface area contributed by atoms with E-state index in [1.807, 2.05) is 0 Å². The molecule has 1 aromatic rings. The number of rotatable bonds is 1. The predicted molar refractivity (Wildman–Crippen MR) is 113 cm³/mol. The molecule has 0 N–H and O–H groups in total. The summed E-state index contributed by atoms with van der Waals surface area (Å²) in [5.74, 6) is 0.601. The summed E-state index contributed by atoms with van der Waals surface area (Å²) in [5, 5.41) is 0. The molecule has 1 unspecified atom stereocenters. The van der Waals surface area contributed by atoms with Crippen LogP contribution in [0, 0.1) is 11.3 Å². The van der Waals surface area contributed by atoms with Crippen LogP contribution < -0.4 is 0 Å². The number of benzene rings is 1. The molecule has 2 rings (SSSR count). The third-order valence-corrected chi connectivity index (χ3v) is 5.44. The minimum Gasteiger partial charge on any atom is -0.0727 e. The van der Waals surface area contributed by atoms with Crippen molar-refractivity contribution in [3.05, 3.63) is 52.6 Å². The fraction of sp³-hybridized carbons (Fsp3) is 0.600. The highest BCUT2D eigenvalue weighted by atomic mass is 14.3. The summed E-state index contributed by atoms with van der Waals surface area (Å²) in [4.78, 5) is 0. The lowest BCUT2D eigenvalue weighted by atomic mass is 9.72. The molecular weight excluding hydrogens is 300 g/mol. The van der Waals surface area contributed by atoms with Crippen molar-refractivity contribution < 1.29 is 0 Å². The van der Waals surface area contributed by atoms with E-state index in [1.54, 1.807) is 0 Å². The van der Waals surface area contributed by atoms with Crippen LogP contribution in [0.2, 0.25) is 0 Å². The van der Waals surface area contributed by atoms with E-state index in [4.69, 9.17) is 0 Å². The molecular formula is C25H38. The van der Waals surface area contributed by atoms with Gasteiger partial charge in [-0.1, -0.05) is 98.2 Å². The predicted octanol–water partition coefficient (Wildman–Crippen LogP) is 7.68. The summed E-state index contributed by atoms with van der Waals surface area (Å²) in [5.41, 5.74) is 7.76. The Morgan fingerprint density at radius 3 is 1.64 bits per heavy atom. The molecule has 0 spiro atoms. The quantitative estimate of drug-likeness (QED) is 0.492. The van der Waals surface area contributed by atoms with Crippen molar-refractivity contribution in [1.29, 1.82) is 0 Å². The molecule has 1 aromatic carbocycles. The summed E-state index contributed by atoms with van der Waals surface area (Å²) < 4.78 is 0. The Morgan fingerprint density at radius 2 is 1.24 bits per heavy atom. The molecule has 0 aliphatic heterocycles. The summed E-state index contributed by atoms with van der Waals surface area (Å²) >= 11 is 0. The highest BCUT2D eigenvalue weighted by Crippen LogP contribution is 2.40. The van der Waals surface area contributed by atoms with E-state index < -0.39 is 0 Å². The molecule has 0 nitrogen and oxygen atoms in total. The van der Waals surface area contributed by atoms with Gasteiger partial charge in [0.2, 0.25) is 0 Å². The van der Waals surface area contributed by atoms with Crippen molar-refractivity contribution in [2.45, 2.75) is 86.5 Å². The highest BCUT2D eigenvalue weighted by molar-refractivity contribution is 5.77. The van der Waals surface area contributed by atoms with Crippen LogP contribution in [0.25, 0.3) is 5.57 Å². The summed E-state index contributed by atoms with van der Waals surface area (Å²) in [6.07, 6.45) is 6.09. The number of allylic oxidation sites excluding steroid dienone is 4. The van der Waals surface area contributed by atoms with E-state index in [0.717, 1.165) is 0 Å². The van der Waals surface area contributed by atoms with E-state index in [9.17, 15) is 0 Å². The Bertz CT molecular complexity index is 659. The molecule has 1 aliphatic carbocycles. The van der Waals surface area contributed by atoms with Gasteiger partial charge in [0, 0.05) is 0 Å². The highest BCUT2D eigenvalue weighted by Gasteiger charge is 2.27. The van der Waals surface area contributed by atoms with Crippen molar-refractivity contribution in [3.8, 4) is 0 Å². The third kappa shape index (κ3) is 4.87. The van der Waals surface area contributed by atoms with Gasteiger partial charge in [0.05, 0.1) is 0 Å². The summed E-state index contributed by atoms with van der Waals surface area (Å²) in [6, 6.07) is 7.23. The van der Waals surface area contributed by atoms with Crippen LogP contribution in [0.15, 0.2) is 35.9 Å². The van der Waals surface area contributed by atoms with Crippen molar-refractivity contribution in [3.63, 3.8) is 0 Å². The first-order valence-corrected chi connectivity index (χ1v) is 9.73. The standard InChI is InChI=1S/C25H38/c1-17-11-18(13-20(12-17)23(2,3)4)19-14-21(24(5,6)7)16-22(15-19)25(8,9)10/h11,13-16,20H,12H2,1-10H3. The second-order valence-corrected chi connectivity index (χ2v) is 11.1. The van der Waals surface area contributed by atoms with E-state index in [-0.39, 0.29) is 10.8 Å². The monoisotopic (exact) mass is 338 g/mol. The van der Waals surface area contributed by atoms with Gasteiger partial charge in [-0.3, -0.25) is 0 Å². The van der Waals surface area contributed by atoms with Crippen molar-refractivity contribution in [2.75, 3.05) is 0 Å². The van der Waals surface area contributed by atoms with Crippen molar-refractivity contribution in [1.82, 2.24) is 0 Å². The maximum absolute atomic E-state index is 2.52. The molecule has 1 atom stereocenters. The normalized spacial score (nSPS) is 19.5. The van der Waals surface area contributed by atoms with Gasteiger partial charge >= 0.3 is 0 Å². The first-order valence-electron chi connectivity index (χ1n) is 9.73. The summed E-state index contributed by atoms with van der Waals surface area (Å²) in [6.45, 7) is 23.2. The first-order chi connectivity index (χ1) is 11.2. The van der Waals surface area contributed by atoms with Crippen LogP contribution >= 0.6 is 0 Å². The molecule has 138 valence electrons. The lowest BCUT2D eigenvalue weighted by Crippen LogP contribution is -2.21. The molecule has 0 aromatic heterocycles. The second kappa shape index (κ2) is 6.45. The zero-order valence-electron chi connectivity index (χ0n) is 18.2. The average Bonchev–Trinajstić information content (AvgIpc) is 2.43. The maximum atomic E-state index is 2.52. The second-order valence-electron chi connectivity index (χ2n) is 11.1. The lowest BCUT2D eigenvalue weighted by molar-refractivity contribution is 0.290. The van der Waals surface area contributed by atoms with Gasteiger partial charge in [-0.2, -0.15) is 0 Å². The molecule has 0 heterocycles. The van der Waals surface area contributed by atoms with Crippen LogP contribution in [0.5, 0.6) is 0 Å². The van der Waals surface area contributed by atoms with Crippen LogP contribution in [0.4, 0.5) is 0 Å². The van der Waals surface area contributed by atoms with Gasteiger partial charge < -0.3 is 0 Å². The Balaban J connectivity index is 2.63. The van der Waals surface area contributed by atoms with Gasteiger partial charge in [0.15, 0.2) is 0 Å². The minimum absolute atomic E-state index is 0.160. The van der Waals surface area contributed by atoms with Gasteiger partial charge in [-0.05, 0) is 57.8 Å². The van der Waals surface area contributed by atoms with Gasteiger partial charge in [-0.25, -0.2) is 0 Å². The largest absolute Gasteiger partial charge is 0.0727 e. The van der Waals surface area contributed by atoms with Crippen molar-refractivity contribution >= 4 is 5.57 Å². The molecule has 0 heteroatoms. The molecule has 0 fully saturated rings. The van der Waals surface area contributed by atoms with Gasteiger partial charge in [0.1, 0.15) is 0 Å². The number of hydrogen-bond donors (Lipinski definition) is 0. The molecule has 0 saturated heterocycles. The van der Waals surface area contributed by atoms with Crippen LogP contribution in [0.3, 0.4) is 0 Å². The minimum atomic E-state index is 0.160. The van der Waals surface area contributed by atoms with E-state index >= 15 is 0 Å². The van der Waals surface area contributed by atoms with Crippen LogP contribution in [0.1, 0.15) is 92.3 Å². The van der Waals surface area contributed by atoms with E-state index in [0.29, 0.717) is 11.3 Å². The molecule has 0 amide bonds. The van der Waals surface area contributed by atoms with E-state index in [1.165, 1.54) is 34.3 Å². The SMILES string of the molecule is CC1=CC(c2cc(C(C)(C)C)cc(C(C)(C)C)c2)=CC(C(C)(C)C)C1. The Morgan fingerprint density at radius 1 is 0.760 bits per heavy atom. The lowest BCUT2D eigenvalue weighted by Gasteiger charge is -2.32. The fourth-order valence-corrected chi connectivity index (χ4v) is 3.39. The summed E-state index contributed by atoms with van der Waals surface area (Å²) in [7, 11) is 0. The Hall–Kier alpha value is -1.30. The Kier molecular flexibility index (Phi) is 5.17. The molecule has 0 bridgehead atoms. The van der Waals surface area contributed by atoms with E-state index in [2.05, 4.69) is 99.6 Å². The Labute approximate surface area is 156 Å². The smallest absolute Gasteiger partial charge is 0.0132 e. The zero-order chi connectivity index (χ0) is 19.2. The van der Waals surface area contributed by atoms with Gasteiger partial charge in [0.25, 0.3) is 0 Å². The molecule has 25 heavy (non-hydrogen) atoms. The fourth-order valence-electron chi connectivity index (χ4n) is 3.39. The molecule has 0 saturated carbocycles.